The van der Waals surface area contributed by atoms with Gasteiger partial charge in [-0.05, 0) is 55.3 Å². The molecule has 132 valence electrons. The lowest BCUT2D eigenvalue weighted by molar-refractivity contribution is 0.100. The van der Waals surface area contributed by atoms with Crippen molar-refractivity contribution in [1.29, 1.82) is 0 Å². The lowest BCUT2D eigenvalue weighted by atomic mass is 10.1. The third-order valence-corrected chi connectivity index (χ3v) is 4.89. The van der Waals surface area contributed by atoms with Crippen LogP contribution in [0.25, 0.3) is 0 Å². The Balaban J connectivity index is 0.00000225. The highest BCUT2D eigenvalue weighted by atomic mass is 79.9. The Labute approximate surface area is 162 Å². The van der Waals surface area contributed by atoms with Gasteiger partial charge in [-0.3, -0.25) is 9.79 Å². The number of anilines is 1. The first-order valence-corrected chi connectivity index (χ1v) is 8.92. The maximum atomic E-state index is 13.1. The van der Waals surface area contributed by atoms with Gasteiger partial charge in [0.1, 0.15) is 5.82 Å². The molecule has 3 nitrogen and oxygen atoms in total. The highest BCUT2D eigenvalue weighted by Crippen LogP contribution is 2.24. The summed E-state index contributed by atoms with van der Waals surface area (Å²) in [4.78, 5) is 19.2. The van der Waals surface area contributed by atoms with Crippen LogP contribution in [0.1, 0.15) is 22.3 Å². The van der Waals surface area contributed by atoms with Crippen LogP contribution in [-0.4, -0.2) is 29.8 Å². The van der Waals surface area contributed by atoms with Gasteiger partial charge in [0, 0.05) is 23.5 Å². The molecule has 0 spiro atoms. The second kappa shape index (κ2) is 9.15. The molecule has 0 saturated heterocycles. The Kier molecular flexibility index (Phi) is 7.20. The van der Waals surface area contributed by atoms with E-state index in [4.69, 9.17) is 0 Å². The molecule has 0 radical (unpaired) electrons. The molecule has 25 heavy (non-hydrogen) atoms. The number of halogens is 2. The van der Waals surface area contributed by atoms with Crippen molar-refractivity contribution < 1.29 is 9.18 Å². The van der Waals surface area contributed by atoms with E-state index in [1.807, 2.05) is 30.0 Å². The third-order valence-electron chi connectivity index (χ3n) is 3.79. The maximum Gasteiger partial charge on any atom is 0.182 e. The van der Waals surface area contributed by atoms with Gasteiger partial charge in [-0.25, -0.2) is 4.39 Å². The molecule has 0 amide bonds. The van der Waals surface area contributed by atoms with E-state index in [1.165, 1.54) is 24.3 Å². The van der Waals surface area contributed by atoms with E-state index in [1.54, 1.807) is 11.8 Å². The molecule has 0 bridgehead atoms. The van der Waals surface area contributed by atoms with Crippen molar-refractivity contribution in [3.8, 4) is 0 Å². The largest absolute Gasteiger partial charge is 0.313 e. The van der Waals surface area contributed by atoms with Crippen molar-refractivity contribution in [1.82, 2.24) is 0 Å². The topological polar surface area (TPSA) is 32.7 Å². The quantitative estimate of drug-likeness (QED) is 0.657. The fourth-order valence-corrected chi connectivity index (χ4v) is 3.51. The number of carbonyl (C=O) groups is 1. The highest BCUT2D eigenvalue weighted by Gasteiger charge is 2.20. The fraction of sp³-hybridized carbons (Fsp3) is 0.263. The minimum absolute atomic E-state index is 0. The van der Waals surface area contributed by atoms with E-state index in [0.29, 0.717) is 5.56 Å². The molecule has 3 rings (SSSR count). The lowest BCUT2D eigenvalue weighted by Gasteiger charge is -2.27. The number of hydrogen-bond donors (Lipinski definition) is 0. The van der Waals surface area contributed by atoms with Gasteiger partial charge >= 0.3 is 0 Å². The van der Waals surface area contributed by atoms with Crippen molar-refractivity contribution in [3.05, 3.63) is 65.5 Å². The van der Waals surface area contributed by atoms with Gasteiger partial charge in [0.15, 0.2) is 11.0 Å². The number of ketones is 1. The number of aliphatic imine (C=N–C) groups is 1. The van der Waals surface area contributed by atoms with Crippen molar-refractivity contribution >= 4 is 45.4 Å². The molecule has 1 heterocycles. The molecule has 2 aromatic carbocycles. The molecule has 2 aromatic rings. The molecular weight excluding hydrogens is 403 g/mol. The molecule has 1 aliphatic heterocycles. The molecule has 0 saturated carbocycles. The van der Waals surface area contributed by atoms with E-state index >= 15 is 0 Å². The maximum absolute atomic E-state index is 13.1. The number of hydrogen-bond acceptors (Lipinski definition) is 4. The first kappa shape index (κ1) is 19.7. The normalized spacial score (nSPS) is 13.6. The molecular formula is C19H20BrFN2OS. The van der Waals surface area contributed by atoms with Crippen LogP contribution in [0.3, 0.4) is 0 Å². The molecule has 1 aliphatic rings. The molecule has 0 unspecified atom stereocenters. The molecule has 0 aromatic heterocycles. The number of aryl methyl sites for hydroxylation is 1. The average Bonchev–Trinajstić information content (AvgIpc) is 2.61. The summed E-state index contributed by atoms with van der Waals surface area (Å²) < 4.78 is 13.1. The number of nitrogens with zero attached hydrogens (tertiary/aromatic N) is 2. The second-order valence-electron chi connectivity index (χ2n) is 5.72. The van der Waals surface area contributed by atoms with Crippen molar-refractivity contribution in [2.75, 3.05) is 23.7 Å². The predicted molar refractivity (Wildman–Crippen MR) is 109 cm³/mol. The highest BCUT2D eigenvalue weighted by molar-refractivity contribution is 8.93. The summed E-state index contributed by atoms with van der Waals surface area (Å²) in [6.07, 6.45) is 1.06. The Morgan fingerprint density at radius 3 is 2.64 bits per heavy atom. The number of carbonyl (C=O) groups excluding carboxylic acids is 1. The molecule has 6 heteroatoms. The minimum Gasteiger partial charge on any atom is -0.313 e. The van der Waals surface area contributed by atoms with E-state index in [9.17, 15) is 9.18 Å². The number of Topliss-reactive ketones (excluding diaryl/α,β-unsaturated/α-hetero) is 1. The molecule has 0 atom stereocenters. The monoisotopic (exact) mass is 422 g/mol. The fourth-order valence-electron chi connectivity index (χ4n) is 2.55. The zero-order chi connectivity index (χ0) is 16.9. The van der Waals surface area contributed by atoms with Crippen molar-refractivity contribution in [2.24, 2.45) is 4.99 Å². The number of rotatable bonds is 4. The molecule has 0 aliphatic carbocycles. The van der Waals surface area contributed by atoms with Crippen LogP contribution in [0.2, 0.25) is 0 Å². The number of thioether (sulfide) groups is 1. The van der Waals surface area contributed by atoms with Crippen LogP contribution in [0.15, 0.2) is 53.5 Å². The first-order chi connectivity index (χ1) is 11.6. The SMILES string of the molecule is Br.Cc1cccc(N(CC(=O)c2ccc(F)cc2)C2=NCCCS2)c1. The average molecular weight is 423 g/mol. The predicted octanol–water partition coefficient (Wildman–Crippen LogP) is 4.89. The number of benzene rings is 2. The molecule has 0 fully saturated rings. The Morgan fingerprint density at radius 1 is 1.24 bits per heavy atom. The van der Waals surface area contributed by atoms with E-state index in [-0.39, 0.29) is 35.1 Å². The zero-order valence-electron chi connectivity index (χ0n) is 13.9. The van der Waals surface area contributed by atoms with E-state index in [0.717, 1.165) is 35.1 Å². The summed E-state index contributed by atoms with van der Waals surface area (Å²) in [6, 6.07) is 13.7. The van der Waals surface area contributed by atoms with Gasteiger partial charge in [0.05, 0.1) is 6.54 Å². The third kappa shape index (κ3) is 5.16. The van der Waals surface area contributed by atoms with Crippen LogP contribution >= 0.6 is 28.7 Å². The standard InChI is InChI=1S/C19H19FN2OS.BrH/c1-14-4-2-5-17(12-14)22(19-21-10-3-11-24-19)13-18(23)15-6-8-16(20)9-7-15;/h2,4-9,12H,3,10-11,13H2,1H3;1H. The summed E-state index contributed by atoms with van der Waals surface area (Å²) in [5.41, 5.74) is 2.60. The van der Waals surface area contributed by atoms with Gasteiger partial charge in [-0.15, -0.1) is 17.0 Å². The van der Waals surface area contributed by atoms with Crippen LogP contribution in [0.5, 0.6) is 0 Å². The second-order valence-corrected chi connectivity index (χ2v) is 6.78. The minimum atomic E-state index is -0.339. The summed E-state index contributed by atoms with van der Waals surface area (Å²) in [7, 11) is 0. The molecule has 0 N–H and O–H groups in total. The van der Waals surface area contributed by atoms with Gasteiger partial charge in [0.2, 0.25) is 0 Å². The van der Waals surface area contributed by atoms with Crippen LogP contribution in [0.4, 0.5) is 10.1 Å². The Bertz CT molecular complexity index is 764. The van der Waals surface area contributed by atoms with E-state index < -0.39 is 0 Å². The van der Waals surface area contributed by atoms with Crippen molar-refractivity contribution in [3.63, 3.8) is 0 Å². The van der Waals surface area contributed by atoms with Gasteiger partial charge in [-0.1, -0.05) is 23.9 Å². The smallest absolute Gasteiger partial charge is 0.182 e. The van der Waals surface area contributed by atoms with Crippen molar-refractivity contribution in [2.45, 2.75) is 13.3 Å². The van der Waals surface area contributed by atoms with Crippen LogP contribution < -0.4 is 4.90 Å². The van der Waals surface area contributed by atoms with Gasteiger partial charge in [-0.2, -0.15) is 0 Å². The zero-order valence-corrected chi connectivity index (χ0v) is 16.5. The Hall–Kier alpha value is -1.66. The lowest BCUT2D eigenvalue weighted by Crippen LogP contribution is -2.35. The van der Waals surface area contributed by atoms with Crippen LogP contribution in [-0.2, 0) is 0 Å². The first-order valence-electron chi connectivity index (χ1n) is 7.94. The van der Waals surface area contributed by atoms with E-state index in [2.05, 4.69) is 11.1 Å². The summed E-state index contributed by atoms with van der Waals surface area (Å²) in [5, 5.41) is 0.877. The summed E-state index contributed by atoms with van der Waals surface area (Å²) in [5.74, 6) is 0.617. The summed E-state index contributed by atoms with van der Waals surface area (Å²) in [6.45, 7) is 3.01. The number of amidine groups is 1. The Morgan fingerprint density at radius 2 is 2.00 bits per heavy atom. The van der Waals surface area contributed by atoms with Crippen LogP contribution in [0, 0.1) is 12.7 Å². The van der Waals surface area contributed by atoms with Gasteiger partial charge < -0.3 is 4.90 Å². The summed E-state index contributed by atoms with van der Waals surface area (Å²) >= 11 is 1.68. The van der Waals surface area contributed by atoms with Gasteiger partial charge in [0.25, 0.3) is 0 Å².